The van der Waals surface area contributed by atoms with Crippen LogP contribution in [0.1, 0.15) is 46.5 Å². The van der Waals surface area contributed by atoms with Crippen LogP contribution in [0.25, 0.3) is 0 Å². The number of hydrogen-bond acceptors (Lipinski definition) is 4. The maximum absolute atomic E-state index is 12.3. The van der Waals surface area contributed by atoms with E-state index in [1.165, 1.54) is 0 Å². The number of fused-ring (bicyclic) bond motifs is 2. The summed E-state index contributed by atoms with van der Waals surface area (Å²) in [5.74, 6) is -0.270. The van der Waals surface area contributed by atoms with Gasteiger partial charge in [-0.1, -0.05) is 0 Å². The number of piperidine rings is 1. The van der Waals surface area contributed by atoms with E-state index in [1.54, 1.807) is 4.90 Å². The minimum atomic E-state index is -0.846. The lowest BCUT2D eigenvalue weighted by Gasteiger charge is -2.43. The summed E-state index contributed by atoms with van der Waals surface area (Å²) in [5, 5.41) is 5.05. The maximum Gasteiger partial charge on any atom is 0.410 e. The van der Waals surface area contributed by atoms with Crippen molar-refractivity contribution in [2.24, 2.45) is 0 Å². The predicted molar refractivity (Wildman–Crippen MR) is 73.5 cm³/mol. The molecule has 0 aromatic rings. The molecule has 3 aliphatic rings. The molecule has 116 valence electrons. The van der Waals surface area contributed by atoms with Gasteiger partial charge in [0.2, 0.25) is 0 Å². The number of amides is 4. The number of nitrogens with one attached hydrogen (secondary N) is 2. The van der Waals surface area contributed by atoms with E-state index in [0.717, 1.165) is 12.8 Å². The average molecular weight is 295 g/mol. The number of carbonyl (C=O) groups excluding carboxylic acids is 3. The van der Waals surface area contributed by atoms with Gasteiger partial charge in [-0.2, -0.15) is 0 Å². The molecule has 3 fully saturated rings. The highest BCUT2D eigenvalue weighted by atomic mass is 16.6. The quantitative estimate of drug-likeness (QED) is 0.656. The van der Waals surface area contributed by atoms with Crippen molar-refractivity contribution in [2.45, 2.75) is 69.7 Å². The number of nitrogens with zero attached hydrogens (tertiary/aromatic N) is 1. The Morgan fingerprint density at radius 3 is 2.24 bits per heavy atom. The highest BCUT2D eigenvalue weighted by molar-refractivity contribution is 6.07. The molecule has 0 saturated carbocycles. The monoisotopic (exact) mass is 295 g/mol. The molecule has 0 unspecified atom stereocenters. The van der Waals surface area contributed by atoms with Gasteiger partial charge < -0.3 is 15.0 Å². The summed E-state index contributed by atoms with van der Waals surface area (Å²) < 4.78 is 5.46. The highest BCUT2D eigenvalue weighted by Crippen LogP contribution is 2.42. The summed E-state index contributed by atoms with van der Waals surface area (Å²) in [6.07, 6.45) is 2.28. The van der Waals surface area contributed by atoms with Gasteiger partial charge >= 0.3 is 12.1 Å². The van der Waals surface area contributed by atoms with E-state index < -0.39 is 17.2 Å². The van der Waals surface area contributed by atoms with Crippen LogP contribution < -0.4 is 10.6 Å². The zero-order valence-electron chi connectivity index (χ0n) is 12.6. The van der Waals surface area contributed by atoms with Gasteiger partial charge in [-0.25, -0.2) is 9.59 Å². The molecule has 0 aromatic heterocycles. The molecule has 7 heteroatoms. The minimum Gasteiger partial charge on any atom is -0.444 e. The Balaban J connectivity index is 1.77. The van der Waals surface area contributed by atoms with Crippen LogP contribution in [0.4, 0.5) is 9.59 Å². The van der Waals surface area contributed by atoms with Crippen LogP contribution >= 0.6 is 0 Å². The van der Waals surface area contributed by atoms with Crippen molar-refractivity contribution >= 4 is 18.0 Å². The van der Waals surface area contributed by atoms with E-state index >= 15 is 0 Å². The molecule has 2 bridgehead atoms. The minimum absolute atomic E-state index is 0.0530. The number of ether oxygens (including phenoxy) is 1. The summed E-state index contributed by atoms with van der Waals surface area (Å²) in [7, 11) is 0. The lowest BCUT2D eigenvalue weighted by atomic mass is 9.83. The molecule has 7 nitrogen and oxygen atoms in total. The molecular weight excluding hydrogens is 274 g/mol. The first-order valence-corrected chi connectivity index (χ1v) is 7.35. The SMILES string of the molecule is CC(C)(C)OC(=O)N1[C@H]2CC[C@H]1CC1(C2)NC(=O)NC1=O. The third-order valence-corrected chi connectivity index (χ3v) is 4.41. The second-order valence-corrected chi connectivity index (χ2v) is 7.17. The van der Waals surface area contributed by atoms with Gasteiger partial charge in [-0.3, -0.25) is 10.1 Å². The normalized spacial score (nSPS) is 34.9. The van der Waals surface area contributed by atoms with Crippen molar-refractivity contribution in [2.75, 3.05) is 0 Å². The zero-order chi connectivity index (χ0) is 15.4. The molecule has 2 atom stereocenters. The summed E-state index contributed by atoms with van der Waals surface area (Å²) in [5.41, 5.74) is -1.38. The van der Waals surface area contributed by atoms with Crippen LogP contribution in [0.2, 0.25) is 0 Å². The molecule has 1 spiro atoms. The molecule has 0 aliphatic carbocycles. The molecule has 3 aliphatic heterocycles. The fourth-order valence-corrected chi connectivity index (χ4v) is 3.68. The summed E-state index contributed by atoms with van der Waals surface area (Å²) in [6, 6.07) is -0.546. The van der Waals surface area contributed by atoms with Crippen LogP contribution in [-0.2, 0) is 9.53 Å². The van der Waals surface area contributed by atoms with E-state index in [4.69, 9.17) is 4.74 Å². The fourth-order valence-electron chi connectivity index (χ4n) is 3.68. The molecule has 3 saturated heterocycles. The molecular formula is C14H21N3O4. The molecule has 3 heterocycles. The first-order valence-electron chi connectivity index (χ1n) is 7.35. The summed E-state index contributed by atoms with van der Waals surface area (Å²) >= 11 is 0. The van der Waals surface area contributed by atoms with Gasteiger partial charge in [-0.05, 0) is 33.6 Å². The van der Waals surface area contributed by atoms with Crippen molar-refractivity contribution < 1.29 is 19.1 Å². The number of rotatable bonds is 0. The van der Waals surface area contributed by atoms with Gasteiger partial charge in [0.25, 0.3) is 5.91 Å². The smallest absolute Gasteiger partial charge is 0.410 e. The lowest BCUT2D eigenvalue weighted by molar-refractivity contribution is -0.126. The molecule has 21 heavy (non-hydrogen) atoms. The van der Waals surface area contributed by atoms with Crippen molar-refractivity contribution in [1.82, 2.24) is 15.5 Å². The number of imide groups is 1. The van der Waals surface area contributed by atoms with Crippen LogP contribution in [0, 0.1) is 0 Å². The Labute approximate surface area is 123 Å². The summed E-state index contributed by atoms with van der Waals surface area (Å²) in [4.78, 5) is 37.6. The molecule has 0 radical (unpaired) electrons. The van der Waals surface area contributed by atoms with Gasteiger partial charge in [0.05, 0.1) is 0 Å². The molecule has 2 N–H and O–H groups in total. The zero-order valence-corrected chi connectivity index (χ0v) is 12.6. The average Bonchev–Trinajstić information content (AvgIpc) is 2.73. The topological polar surface area (TPSA) is 87.7 Å². The van der Waals surface area contributed by atoms with Gasteiger partial charge in [0, 0.05) is 24.9 Å². The van der Waals surface area contributed by atoms with Crippen molar-refractivity contribution in [3.8, 4) is 0 Å². The Morgan fingerprint density at radius 1 is 1.24 bits per heavy atom. The lowest BCUT2D eigenvalue weighted by Crippen LogP contribution is -2.60. The first-order chi connectivity index (χ1) is 9.70. The number of urea groups is 1. The molecule has 3 rings (SSSR count). The predicted octanol–water partition coefficient (Wildman–Crippen LogP) is 1.13. The van der Waals surface area contributed by atoms with Crippen molar-refractivity contribution in [1.29, 1.82) is 0 Å². The van der Waals surface area contributed by atoms with Gasteiger partial charge in [0.1, 0.15) is 11.1 Å². The van der Waals surface area contributed by atoms with Crippen LogP contribution in [0.15, 0.2) is 0 Å². The highest BCUT2D eigenvalue weighted by Gasteiger charge is 2.57. The Morgan fingerprint density at radius 2 is 1.81 bits per heavy atom. The maximum atomic E-state index is 12.3. The number of carbonyl (C=O) groups is 3. The molecule has 0 aromatic carbocycles. The van der Waals surface area contributed by atoms with Gasteiger partial charge in [-0.15, -0.1) is 0 Å². The van der Waals surface area contributed by atoms with E-state index in [9.17, 15) is 14.4 Å². The van der Waals surface area contributed by atoms with Gasteiger partial charge in [0.15, 0.2) is 0 Å². The Hall–Kier alpha value is -1.79. The van der Waals surface area contributed by atoms with Crippen LogP contribution in [-0.4, -0.2) is 46.2 Å². The van der Waals surface area contributed by atoms with Crippen LogP contribution in [0.3, 0.4) is 0 Å². The Kier molecular flexibility index (Phi) is 2.93. The van der Waals surface area contributed by atoms with Crippen molar-refractivity contribution in [3.63, 3.8) is 0 Å². The second-order valence-electron chi connectivity index (χ2n) is 7.17. The first kappa shape index (κ1) is 14.2. The molecule has 4 amide bonds. The number of hydrogen-bond donors (Lipinski definition) is 2. The van der Waals surface area contributed by atoms with E-state index in [0.29, 0.717) is 12.8 Å². The van der Waals surface area contributed by atoms with E-state index in [-0.39, 0.29) is 24.1 Å². The van der Waals surface area contributed by atoms with E-state index in [1.807, 2.05) is 20.8 Å². The third kappa shape index (κ3) is 2.34. The van der Waals surface area contributed by atoms with Crippen molar-refractivity contribution in [3.05, 3.63) is 0 Å². The standard InChI is InChI=1S/C14H21N3O4/c1-13(2,3)21-12(20)17-8-4-5-9(17)7-14(6-8)10(18)15-11(19)16-14/h8-9H,4-7H2,1-3H3,(H2,15,16,18,19)/t8-,9-/m0/s1. The van der Waals surface area contributed by atoms with E-state index in [2.05, 4.69) is 10.6 Å². The fraction of sp³-hybridized carbons (Fsp3) is 0.786. The largest absolute Gasteiger partial charge is 0.444 e. The summed E-state index contributed by atoms with van der Waals surface area (Å²) in [6.45, 7) is 5.51. The van der Waals surface area contributed by atoms with Crippen LogP contribution in [0.5, 0.6) is 0 Å². The third-order valence-electron chi connectivity index (χ3n) is 4.41. The Bertz CT molecular complexity index is 497. The second kappa shape index (κ2) is 4.35.